The first-order valence-electron chi connectivity index (χ1n) is 9.80. The number of thiophene rings is 1. The Labute approximate surface area is 189 Å². The molecule has 0 bridgehead atoms. The highest BCUT2D eigenvalue weighted by Gasteiger charge is 2.10. The molecule has 0 saturated heterocycles. The van der Waals surface area contributed by atoms with Crippen LogP contribution in [0.2, 0.25) is 0 Å². The van der Waals surface area contributed by atoms with Gasteiger partial charge in [-0.15, -0.1) is 0 Å². The Kier molecular flexibility index (Phi) is 5.22. The topological polar surface area (TPSA) is 102 Å². The first-order chi connectivity index (χ1) is 15.5. The van der Waals surface area contributed by atoms with Gasteiger partial charge >= 0.3 is 0 Å². The molecule has 0 amide bonds. The van der Waals surface area contributed by atoms with Crippen molar-refractivity contribution in [3.63, 3.8) is 0 Å². The SMILES string of the molecule is NS(=O)(=O)c1ccc(Cc2ccc(Nc3nccn4cc(-c5ccsc5)nc34)cc2)cc1. The molecular formula is C23H19N5O2S2. The molecule has 5 aromatic rings. The van der Waals surface area contributed by atoms with Gasteiger partial charge in [-0.3, -0.25) is 0 Å². The lowest BCUT2D eigenvalue weighted by Gasteiger charge is -2.08. The van der Waals surface area contributed by atoms with E-state index in [4.69, 9.17) is 10.1 Å². The van der Waals surface area contributed by atoms with Crippen molar-refractivity contribution in [2.45, 2.75) is 11.3 Å². The third-order valence-corrected chi connectivity index (χ3v) is 6.68. The number of sulfonamides is 1. The lowest BCUT2D eigenvalue weighted by molar-refractivity contribution is 0.598. The third-order valence-electron chi connectivity index (χ3n) is 5.07. The molecule has 3 N–H and O–H groups in total. The number of aromatic nitrogens is 3. The summed E-state index contributed by atoms with van der Waals surface area (Å²) in [4.78, 5) is 9.32. The Morgan fingerprint density at radius 3 is 2.38 bits per heavy atom. The molecule has 0 fully saturated rings. The van der Waals surface area contributed by atoms with Crippen molar-refractivity contribution < 1.29 is 8.42 Å². The zero-order valence-electron chi connectivity index (χ0n) is 16.8. The van der Waals surface area contributed by atoms with Gasteiger partial charge < -0.3 is 9.72 Å². The molecule has 32 heavy (non-hydrogen) atoms. The Balaban J connectivity index is 1.33. The Morgan fingerprint density at radius 2 is 1.72 bits per heavy atom. The lowest BCUT2D eigenvalue weighted by atomic mass is 10.0. The van der Waals surface area contributed by atoms with Crippen LogP contribution in [0.5, 0.6) is 0 Å². The van der Waals surface area contributed by atoms with Crippen molar-refractivity contribution in [1.29, 1.82) is 0 Å². The molecule has 2 aromatic carbocycles. The summed E-state index contributed by atoms with van der Waals surface area (Å²) < 4.78 is 24.7. The van der Waals surface area contributed by atoms with Gasteiger partial charge in [-0.1, -0.05) is 24.3 Å². The van der Waals surface area contributed by atoms with E-state index in [1.165, 1.54) is 12.1 Å². The quantitative estimate of drug-likeness (QED) is 0.389. The summed E-state index contributed by atoms with van der Waals surface area (Å²) in [7, 11) is -3.68. The highest BCUT2D eigenvalue weighted by molar-refractivity contribution is 7.89. The van der Waals surface area contributed by atoms with Gasteiger partial charge in [0.1, 0.15) is 0 Å². The van der Waals surface area contributed by atoms with Gasteiger partial charge in [0, 0.05) is 35.2 Å². The number of imidazole rings is 1. The van der Waals surface area contributed by atoms with E-state index < -0.39 is 10.0 Å². The van der Waals surface area contributed by atoms with E-state index in [2.05, 4.69) is 15.7 Å². The number of nitrogens with one attached hydrogen (secondary N) is 1. The fourth-order valence-electron chi connectivity index (χ4n) is 3.43. The van der Waals surface area contributed by atoms with Crippen LogP contribution in [0.25, 0.3) is 16.9 Å². The summed E-state index contributed by atoms with van der Waals surface area (Å²) in [5, 5.41) is 12.6. The van der Waals surface area contributed by atoms with Crippen LogP contribution in [0.15, 0.2) is 88.8 Å². The number of primary sulfonamides is 1. The number of nitrogens with zero attached hydrogens (tertiary/aromatic N) is 3. The summed E-state index contributed by atoms with van der Waals surface area (Å²) in [6.45, 7) is 0. The summed E-state index contributed by atoms with van der Waals surface area (Å²) in [6, 6.07) is 16.7. The van der Waals surface area contributed by atoms with E-state index in [1.807, 2.05) is 52.5 Å². The second-order valence-corrected chi connectivity index (χ2v) is 9.67. The van der Waals surface area contributed by atoms with Gasteiger partial charge in [0.15, 0.2) is 11.5 Å². The summed E-state index contributed by atoms with van der Waals surface area (Å²) in [6.07, 6.45) is 6.30. The van der Waals surface area contributed by atoms with Crippen LogP contribution in [-0.4, -0.2) is 22.8 Å². The maximum absolute atomic E-state index is 11.4. The van der Waals surface area contributed by atoms with Gasteiger partial charge in [0.2, 0.25) is 10.0 Å². The van der Waals surface area contributed by atoms with E-state index in [0.717, 1.165) is 33.7 Å². The van der Waals surface area contributed by atoms with E-state index in [9.17, 15) is 8.42 Å². The van der Waals surface area contributed by atoms with Crippen LogP contribution in [-0.2, 0) is 16.4 Å². The first kappa shape index (κ1) is 20.4. The minimum Gasteiger partial charge on any atom is -0.337 e. The lowest BCUT2D eigenvalue weighted by Crippen LogP contribution is -2.11. The molecule has 3 aromatic heterocycles. The average Bonchev–Trinajstić information content (AvgIpc) is 3.45. The third kappa shape index (κ3) is 4.26. The highest BCUT2D eigenvalue weighted by Crippen LogP contribution is 2.25. The first-order valence-corrected chi connectivity index (χ1v) is 12.3. The molecule has 160 valence electrons. The highest BCUT2D eigenvalue weighted by atomic mass is 32.2. The van der Waals surface area contributed by atoms with Crippen LogP contribution >= 0.6 is 11.3 Å². The molecule has 0 aliphatic carbocycles. The van der Waals surface area contributed by atoms with Crippen LogP contribution in [0.4, 0.5) is 11.5 Å². The molecule has 5 rings (SSSR count). The number of anilines is 2. The predicted molar refractivity (Wildman–Crippen MR) is 127 cm³/mol. The minimum atomic E-state index is -3.68. The molecule has 0 aliphatic rings. The fraction of sp³-hybridized carbons (Fsp3) is 0.0435. The van der Waals surface area contributed by atoms with Gasteiger partial charge in [-0.05, 0) is 53.3 Å². The Morgan fingerprint density at radius 1 is 1.00 bits per heavy atom. The molecule has 0 unspecified atom stereocenters. The van der Waals surface area contributed by atoms with E-state index in [1.54, 1.807) is 29.7 Å². The minimum absolute atomic E-state index is 0.114. The molecule has 9 heteroatoms. The van der Waals surface area contributed by atoms with Gasteiger partial charge in [0.25, 0.3) is 0 Å². The van der Waals surface area contributed by atoms with Gasteiger partial charge in [0.05, 0.1) is 10.6 Å². The largest absolute Gasteiger partial charge is 0.337 e. The molecule has 3 heterocycles. The monoisotopic (exact) mass is 461 g/mol. The summed E-state index contributed by atoms with van der Waals surface area (Å²) in [5.41, 5.74) is 5.76. The van der Waals surface area contributed by atoms with E-state index >= 15 is 0 Å². The Bertz CT molecular complexity index is 1470. The standard InChI is InChI=1S/C23H19N5O2S2/c24-32(29,30)20-7-3-17(4-8-20)13-16-1-5-19(6-2-16)26-22-23-27-21(18-9-12-31-15-18)14-28(23)11-10-25-22/h1-12,14-15H,13H2,(H,25,26)(H2,24,29,30). The van der Waals surface area contributed by atoms with Crippen LogP contribution in [0.1, 0.15) is 11.1 Å². The zero-order chi connectivity index (χ0) is 22.1. The maximum atomic E-state index is 11.4. The average molecular weight is 462 g/mol. The van der Waals surface area contributed by atoms with Gasteiger partial charge in [-0.2, -0.15) is 11.3 Å². The van der Waals surface area contributed by atoms with Crippen molar-refractivity contribution >= 4 is 38.5 Å². The molecule has 0 spiro atoms. The number of hydrogen-bond acceptors (Lipinski definition) is 6. The molecule has 0 radical (unpaired) electrons. The number of fused-ring (bicyclic) bond motifs is 1. The van der Waals surface area contributed by atoms with E-state index in [-0.39, 0.29) is 4.90 Å². The van der Waals surface area contributed by atoms with E-state index in [0.29, 0.717) is 12.2 Å². The van der Waals surface area contributed by atoms with Crippen molar-refractivity contribution in [2.75, 3.05) is 5.32 Å². The van der Waals surface area contributed by atoms with Crippen LogP contribution < -0.4 is 10.5 Å². The predicted octanol–water partition coefficient (Wildman–Crippen LogP) is 4.44. The molecule has 0 saturated carbocycles. The van der Waals surface area contributed by atoms with Crippen molar-refractivity contribution in [3.8, 4) is 11.3 Å². The molecule has 7 nitrogen and oxygen atoms in total. The smallest absolute Gasteiger partial charge is 0.238 e. The van der Waals surface area contributed by atoms with Crippen molar-refractivity contribution in [3.05, 3.63) is 95.1 Å². The van der Waals surface area contributed by atoms with Gasteiger partial charge in [-0.25, -0.2) is 23.5 Å². The number of rotatable bonds is 6. The number of nitrogens with two attached hydrogens (primary N) is 1. The summed E-state index contributed by atoms with van der Waals surface area (Å²) >= 11 is 1.64. The van der Waals surface area contributed by atoms with Crippen molar-refractivity contribution in [2.24, 2.45) is 5.14 Å². The van der Waals surface area contributed by atoms with Crippen LogP contribution in [0.3, 0.4) is 0 Å². The maximum Gasteiger partial charge on any atom is 0.238 e. The second-order valence-electron chi connectivity index (χ2n) is 7.33. The van der Waals surface area contributed by atoms with Crippen molar-refractivity contribution in [1.82, 2.24) is 14.4 Å². The summed E-state index contributed by atoms with van der Waals surface area (Å²) in [5.74, 6) is 0.681. The zero-order valence-corrected chi connectivity index (χ0v) is 18.5. The molecule has 0 atom stereocenters. The molecular weight excluding hydrogens is 442 g/mol. The van der Waals surface area contributed by atoms with Crippen LogP contribution in [0, 0.1) is 0 Å². The second kappa shape index (κ2) is 8.19. The fourth-order valence-corrected chi connectivity index (χ4v) is 4.60. The number of benzene rings is 2. The number of hydrogen-bond donors (Lipinski definition) is 2. The normalized spacial score (nSPS) is 11.7. The molecule has 0 aliphatic heterocycles. The Hall–Kier alpha value is -3.53.